The maximum absolute atomic E-state index is 12.9. The highest BCUT2D eigenvalue weighted by molar-refractivity contribution is 7.99. The second-order valence-electron chi connectivity index (χ2n) is 5.37. The number of nitrogens with zero attached hydrogens (tertiary/aromatic N) is 3. The second-order valence-corrected chi connectivity index (χ2v) is 6.72. The molecule has 0 fully saturated rings. The number of amides is 1. The van der Waals surface area contributed by atoms with Gasteiger partial charge in [0.25, 0.3) is 0 Å². The Labute approximate surface area is 159 Å². The van der Waals surface area contributed by atoms with Gasteiger partial charge in [0.05, 0.1) is 10.8 Å². The fourth-order valence-corrected chi connectivity index (χ4v) is 3.41. The van der Waals surface area contributed by atoms with Crippen molar-refractivity contribution in [1.82, 2.24) is 14.8 Å². The number of nitrogens with one attached hydrogen (secondary N) is 1. The number of anilines is 1. The molecule has 134 valence electrons. The molecule has 26 heavy (non-hydrogen) atoms. The molecule has 1 heterocycles. The van der Waals surface area contributed by atoms with Gasteiger partial charge in [0.2, 0.25) is 5.91 Å². The van der Waals surface area contributed by atoms with Gasteiger partial charge in [-0.1, -0.05) is 35.5 Å². The van der Waals surface area contributed by atoms with E-state index in [1.165, 1.54) is 36.0 Å². The Morgan fingerprint density at radius 3 is 2.62 bits per heavy atom. The molecule has 0 aliphatic carbocycles. The van der Waals surface area contributed by atoms with Gasteiger partial charge >= 0.3 is 0 Å². The number of halogens is 2. The lowest BCUT2D eigenvalue weighted by Gasteiger charge is -2.08. The van der Waals surface area contributed by atoms with E-state index in [2.05, 4.69) is 15.5 Å². The Hall–Kier alpha value is -2.38. The lowest BCUT2D eigenvalue weighted by Crippen LogP contribution is -2.14. The summed E-state index contributed by atoms with van der Waals surface area (Å²) in [6, 6.07) is 13.1. The van der Waals surface area contributed by atoms with Crippen molar-refractivity contribution in [2.75, 3.05) is 11.1 Å². The van der Waals surface area contributed by atoms with Crippen LogP contribution in [0, 0.1) is 5.82 Å². The van der Waals surface area contributed by atoms with Crippen molar-refractivity contribution in [3.05, 3.63) is 59.4 Å². The zero-order valence-corrected chi connectivity index (χ0v) is 15.5. The Bertz CT molecular complexity index is 914. The number of hydrogen-bond acceptors (Lipinski definition) is 4. The van der Waals surface area contributed by atoms with Crippen molar-refractivity contribution < 1.29 is 9.18 Å². The number of aromatic nitrogens is 3. The fourth-order valence-electron chi connectivity index (χ4n) is 2.38. The molecule has 0 bridgehead atoms. The van der Waals surface area contributed by atoms with E-state index < -0.39 is 0 Å². The molecule has 2 aromatic carbocycles. The van der Waals surface area contributed by atoms with Crippen LogP contribution >= 0.6 is 23.4 Å². The van der Waals surface area contributed by atoms with E-state index in [0.29, 0.717) is 28.2 Å². The van der Waals surface area contributed by atoms with Crippen molar-refractivity contribution in [2.24, 2.45) is 0 Å². The molecular weight excluding hydrogens is 375 g/mol. The standard InChI is InChI=1S/C18H16ClFN4OS/c1-2-24-17(14-5-3-4-6-15(14)19)22-23-18(24)26-11-16(25)21-13-9-7-12(20)8-10-13/h3-10H,2,11H2,1H3,(H,21,25). The molecule has 5 nitrogen and oxygen atoms in total. The van der Waals surface area contributed by atoms with Crippen molar-refractivity contribution in [2.45, 2.75) is 18.6 Å². The number of benzene rings is 2. The first-order valence-electron chi connectivity index (χ1n) is 7.94. The van der Waals surface area contributed by atoms with Crippen LogP contribution in [0.25, 0.3) is 11.4 Å². The van der Waals surface area contributed by atoms with Crippen LogP contribution in [0.15, 0.2) is 53.7 Å². The van der Waals surface area contributed by atoms with Gasteiger partial charge in [-0.3, -0.25) is 4.79 Å². The summed E-state index contributed by atoms with van der Waals surface area (Å²) in [4.78, 5) is 12.1. The molecule has 3 rings (SSSR count). The molecular formula is C18H16ClFN4OS. The predicted molar refractivity (Wildman–Crippen MR) is 102 cm³/mol. The minimum absolute atomic E-state index is 0.165. The molecule has 0 aliphatic heterocycles. The average Bonchev–Trinajstić information content (AvgIpc) is 3.05. The van der Waals surface area contributed by atoms with E-state index in [1.807, 2.05) is 29.7 Å². The normalized spacial score (nSPS) is 10.7. The predicted octanol–water partition coefficient (Wildman–Crippen LogP) is 4.49. The lowest BCUT2D eigenvalue weighted by atomic mass is 10.2. The van der Waals surface area contributed by atoms with Crippen LogP contribution in [0.4, 0.5) is 10.1 Å². The third-order valence-corrected chi connectivity index (χ3v) is 4.90. The number of rotatable bonds is 6. The smallest absolute Gasteiger partial charge is 0.234 e. The van der Waals surface area contributed by atoms with Gasteiger partial charge in [-0.15, -0.1) is 10.2 Å². The van der Waals surface area contributed by atoms with Gasteiger partial charge in [-0.2, -0.15) is 0 Å². The third kappa shape index (κ3) is 4.23. The Morgan fingerprint density at radius 2 is 1.92 bits per heavy atom. The minimum atomic E-state index is -0.347. The van der Waals surface area contributed by atoms with Gasteiger partial charge in [0.15, 0.2) is 11.0 Å². The van der Waals surface area contributed by atoms with Crippen LogP contribution < -0.4 is 5.32 Å². The maximum atomic E-state index is 12.9. The zero-order chi connectivity index (χ0) is 18.5. The molecule has 8 heteroatoms. The molecule has 1 aromatic heterocycles. The second kappa shape index (κ2) is 8.33. The van der Waals surface area contributed by atoms with Gasteiger partial charge < -0.3 is 9.88 Å². The quantitative estimate of drug-likeness (QED) is 0.630. The molecule has 3 aromatic rings. The number of hydrogen-bond donors (Lipinski definition) is 1. The molecule has 0 atom stereocenters. The average molecular weight is 391 g/mol. The fraction of sp³-hybridized carbons (Fsp3) is 0.167. The topological polar surface area (TPSA) is 59.8 Å². The van der Waals surface area contributed by atoms with Crippen LogP contribution in [0.1, 0.15) is 6.92 Å². The van der Waals surface area contributed by atoms with Crippen LogP contribution in [-0.2, 0) is 11.3 Å². The zero-order valence-electron chi connectivity index (χ0n) is 13.9. The van der Waals surface area contributed by atoms with E-state index in [-0.39, 0.29) is 17.5 Å². The monoisotopic (exact) mass is 390 g/mol. The van der Waals surface area contributed by atoms with Gasteiger partial charge in [-0.25, -0.2) is 4.39 Å². The van der Waals surface area contributed by atoms with E-state index >= 15 is 0 Å². The number of carbonyl (C=O) groups excluding carboxylic acids is 1. The largest absolute Gasteiger partial charge is 0.325 e. The minimum Gasteiger partial charge on any atom is -0.325 e. The number of carbonyl (C=O) groups is 1. The summed E-state index contributed by atoms with van der Waals surface area (Å²) < 4.78 is 14.8. The maximum Gasteiger partial charge on any atom is 0.234 e. The Morgan fingerprint density at radius 1 is 1.19 bits per heavy atom. The summed E-state index contributed by atoms with van der Waals surface area (Å²) in [5, 5.41) is 12.4. The summed E-state index contributed by atoms with van der Waals surface area (Å²) in [6.07, 6.45) is 0. The first-order valence-corrected chi connectivity index (χ1v) is 9.31. The lowest BCUT2D eigenvalue weighted by molar-refractivity contribution is -0.113. The molecule has 0 unspecified atom stereocenters. The van der Waals surface area contributed by atoms with Gasteiger partial charge in [-0.05, 0) is 43.3 Å². The van der Waals surface area contributed by atoms with Crippen molar-refractivity contribution in [3.63, 3.8) is 0 Å². The summed E-state index contributed by atoms with van der Waals surface area (Å²) in [5.74, 6) is 0.282. The highest BCUT2D eigenvalue weighted by Crippen LogP contribution is 2.29. The van der Waals surface area contributed by atoms with Crippen molar-refractivity contribution in [1.29, 1.82) is 0 Å². The van der Waals surface area contributed by atoms with Crippen LogP contribution in [0.2, 0.25) is 5.02 Å². The first-order chi connectivity index (χ1) is 12.6. The summed E-state index contributed by atoms with van der Waals surface area (Å²) >= 11 is 7.53. The summed E-state index contributed by atoms with van der Waals surface area (Å²) in [5.41, 5.74) is 1.34. The molecule has 0 aliphatic rings. The Kier molecular flexibility index (Phi) is 5.90. The Balaban J connectivity index is 1.69. The summed E-state index contributed by atoms with van der Waals surface area (Å²) in [6.45, 7) is 2.63. The molecule has 0 saturated heterocycles. The molecule has 0 radical (unpaired) electrons. The number of thioether (sulfide) groups is 1. The van der Waals surface area contributed by atoms with Gasteiger partial charge in [0.1, 0.15) is 5.82 Å². The van der Waals surface area contributed by atoms with Crippen molar-refractivity contribution >= 4 is 35.0 Å². The van der Waals surface area contributed by atoms with Crippen LogP contribution in [0.5, 0.6) is 0 Å². The third-order valence-electron chi connectivity index (χ3n) is 3.61. The summed E-state index contributed by atoms with van der Waals surface area (Å²) in [7, 11) is 0. The molecule has 0 saturated carbocycles. The SMILES string of the molecule is CCn1c(SCC(=O)Nc2ccc(F)cc2)nnc1-c1ccccc1Cl. The molecule has 1 amide bonds. The van der Waals surface area contributed by atoms with Crippen LogP contribution in [0.3, 0.4) is 0 Å². The van der Waals surface area contributed by atoms with Gasteiger partial charge in [0, 0.05) is 17.8 Å². The van der Waals surface area contributed by atoms with E-state index in [4.69, 9.17) is 11.6 Å². The highest BCUT2D eigenvalue weighted by Gasteiger charge is 2.16. The van der Waals surface area contributed by atoms with Crippen molar-refractivity contribution in [3.8, 4) is 11.4 Å². The van der Waals surface area contributed by atoms with E-state index in [1.54, 1.807) is 6.07 Å². The van der Waals surface area contributed by atoms with Crippen LogP contribution in [-0.4, -0.2) is 26.4 Å². The first kappa shape index (κ1) is 18.4. The molecule has 1 N–H and O–H groups in total. The van der Waals surface area contributed by atoms with E-state index in [9.17, 15) is 9.18 Å². The van der Waals surface area contributed by atoms with E-state index in [0.717, 1.165) is 5.56 Å². The molecule has 0 spiro atoms. The highest BCUT2D eigenvalue weighted by atomic mass is 35.5.